The van der Waals surface area contributed by atoms with Crippen LogP contribution in [-0.2, 0) is 0 Å². The van der Waals surface area contributed by atoms with Gasteiger partial charge in [-0.25, -0.2) is 4.98 Å². The van der Waals surface area contributed by atoms with Gasteiger partial charge in [-0.2, -0.15) is 0 Å². The minimum Gasteiger partial charge on any atom is -0.291 e. The molecular formula is C38H30B5N3. The van der Waals surface area contributed by atoms with Crippen LogP contribution in [0.25, 0.3) is 71.9 Å². The molecule has 8 rings (SSSR count). The molecule has 46 heavy (non-hydrogen) atoms. The topological polar surface area (TPSA) is 30.7 Å². The zero-order valence-electron chi connectivity index (χ0n) is 26.9. The first-order valence-electron chi connectivity index (χ1n) is 15.9. The van der Waals surface area contributed by atoms with E-state index in [4.69, 9.17) is 4.98 Å². The first-order chi connectivity index (χ1) is 22.4. The number of hydrogen-bond donors (Lipinski definition) is 0. The second-order valence-electron chi connectivity index (χ2n) is 12.4. The number of rotatable bonds is 4. The van der Waals surface area contributed by atoms with Crippen LogP contribution in [0.15, 0.2) is 122 Å². The van der Waals surface area contributed by atoms with E-state index in [2.05, 4.69) is 158 Å². The third kappa shape index (κ3) is 4.28. The Hall–Kier alpha value is -5.22. The van der Waals surface area contributed by atoms with E-state index in [1.807, 2.05) is 12.4 Å². The van der Waals surface area contributed by atoms with Crippen LogP contribution < -0.4 is 27.3 Å². The molecule has 0 aliphatic heterocycles. The van der Waals surface area contributed by atoms with Gasteiger partial charge in [-0.15, -0.1) is 16.4 Å². The van der Waals surface area contributed by atoms with Crippen molar-refractivity contribution in [3.8, 4) is 39.3 Å². The predicted octanol–water partition coefficient (Wildman–Crippen LogP) is 1.02. The maximum atomic E-state index is 5.39. The Morgan fingerprint density at radius 2 is 1.00 bits per heavy atom. The van der Waals surface area contributed by atoms with Gasteiger partial charge in [0.05, 0.1) is 16.7 Å². The predicted molar refractivity (Wildman–Crippen MR) is 211 cm³/mol. The van der Waals surface area contributed by atoms with E-state index in [0.29, 0.717) is 0 Å². The number of para-hydroxylation sites is 2. The van der Waals surface area contributed by atoms with Crippen molar-refractivity contribution in [2.75, 3.05) is 0 Å². The maximum Gasteiger partial charge on any atom is 0.144 e. The lowest BCUT2D eigenvalue weighted by Crippen LogP contribution is -2.55. The van der Waals surface area contributed by atoms with Gasteiger partial charge >= 0.3 is 0 Å². The smallest absolute Gasteiger partial charge is 0.144 e. The fraction of sp³-hybridized carbons (Fsp3) is 0. The van der Waals surface area contributed by atoms with Crippen molar-refractivity contribution in [2.45, 2.75) is 0 Å². The highest BCUT2D eigenvalue weighted by atomic mass is 15.1. The van der Waals surface area contributed by atoms with E-state index >= 15 is 0 Å². The molecule has 0 saturated carbocycles. The SMILES string of the molecule is Bc1c(B)c(B)c(-c2nc3ccccc3n2-c2c3ccccc3c(-c3cccc(-c4ccncc4)c3)c3ccccc23)c(B)c1B. The van der Waals surface area contributed by atoms with Crippen molar-refractivity contribution in [2.24, 2.45) is 0 Å². The number of benzene rings is 6. The van der Waals surface area contributed by atoms with Gasteiger partial charge in [0.15, 0.2) is 0 Å². The monoisotopic (exact) mass is 583 g/mol. The number of aromatic nitrogens is 3. The summed E-state index contributed by atoms with van der Waals surface area (Å²) >= 11 is 0. The fourth-order valence-electron chi connectivity index (χ4n) is 7.31. The van der Waals surface area contributed by atoms with Crippen LogP contribution in [0.5, 0.6) is 0 Å². The molecule has 0 fully saturated rings. The Bertz CT molecular complexity index is 2400. The van der Waals surface area contributed by atoms with Gasteiger partial charge in [0.1, 0.15) is 45.1 Å². The summed E-state index contributed by atoms with van der Waals surface area (Å²) in [5.74, 6) is 0.991. The lowest BCUT2D eigenvalue weighted by molar-refractivity contribution is 1.13. The van der Waals surface area contributed by atoms with Gasteiger partial charge in [-0.3, -0.25) is 9.55 Å². The zero-order valence-corrected chi connectivity index (χ0v) is 26.9. The molecule has 212 valence electrons. The van der Waals surface area contributed by atoms with Crippen molar-refractivity contribution < 1.29 is 0 Å². The quantitative estimate of drug-likeness (QED) is 0.229. The van der Waals surface area contributed by atoms with Gasteiger partial charge in [0.2, 0.25) is 0 Å². The highest BCUT2D eigenvalue weighted by Gasteiger charge is 2.24. The van der Waals surface area contributed by atoms with E-state index in [0.717, 1.165) is 22.4 Å². The highest BCUT2D eigenvalue weighted by molar-refractivity contribution is 6.68. The second-order valence-corrected chi connectivity index (χ2v) is 12.4. The maximum absolute atomic E-state index is 5.39. The lowest BCUT2D eigenvalue weighted by Gasteiger charge is -2.23. The minimum atomic E-state index is 0.991. The third-order valence-electron chi connectivity index (χ3n) is 10.1. The average Bonchev–Trinajstić information content (AvgIpc) is 3.47. The van der Waals surface area contributed by atoms with E-state index < -0.39 is 0 Å². The van der Waals surface area contributed by atoms with E-state index in [-0.39, 0.29) is 0 Å². The molecule has 0 atom stereocenters. The molecule has 0 unspecified atom stereocenters. The average molecular weight is 583 g/mol. The van der Waals surface area contributed by atoms with Crippen LogP contribution in [0.1, 0.15) is 0 Å². The van der Waals surface area contributed by atoms with Gasteiger partial charge < -0.3 is 0 Å². The molecule has 8 heteroatoms. The van der Waals surface area contributed by atoms with Crippen LogP contribution >= 0.6 is 0 Å². The Morgan fingerprint density at radius 3 is 1.65 bits per heavy atom. The molecule has 6 aromatic carbocycles. The molecule has 0 spiro atoms. The van der Waals surface area contributed by atoms with Gasteiger partial charge in [0, 0.05) is 28.7 Å². The first-order valence-corrected chi connectivity index (χ1v) is 15.9. The first kappa shape index (κ1) is 28.3. The number of pyridine rings is 1. The summed E-state index contributed by atoms with van der Waals surface area (Å²) in [5, 5.41) is 4.84. The second kappa shape index (κ2) is 11.0. The summed E-state index contributed by atoms with van der Waals surface area (Å²) in [6, 6.07) is 39.3. The van der Waals surface area contributed by atoms with Crippen molar-refractivity contribution >= 4 is 99.1 Å². The molecule has 0 saturated heterocycles. The van der Waals surface area contributed by atoms with Crippen molar-refractivity contribution in [1.29, 1.82) is 0 Å². The molecule has 0 aliphatic rings. The van der Waals surface area contributed by atoms with Crippen molar-refractivity contribution in [1.82, 2.24) is 14.5 Å². The molecule has 0 amide bonds. The van der Waals surface area contributed by atoms with Crippen LogP contribution in [0, 0.1) is 0 Å². The van der Waals surface area contributed by atoms with Crippen molar-refractivity contribution in [3.63, 3.8) is 0 Å². The largest absolute Gasteiger partial charge is 0.291 e. The molecule has 0 radical (unpaired) electrons. The standard InChI is InChI=1S/C38H30B5N3/c39-32-31(33(40)35(42)36(43)34(32)41)38-45-28-14-5-6-15-29(28)46(38)37-26-12-3-1-10-24(26)30(25-11-2-4-13-27(25)37)23-9-7-8-22(20-23)21-16-18-44-19-17-21/h1-20H,39-43H2. The molecule has 2 aromatic heterocycles. The van der Waals surface area contributed by atoms with Crippen LogP contribution in [-0.4, -0.2) is 53.8 Å². The van der Waals surface area contributed by atoms with Crippen LogP contribution in [0.4, 0.5) is 0 Å². The van der Waals surface area contributed by atoms with E-state index in [9.17, 15) is 0 Å². The third-order valence-corrected chi connectivity index (χ3v) is 10.1. The summed E-state index contributed by atoms with van der Waals surface area (Å²) in [7, 11) is 11.2. The minimum absolute atomic E-state index is 0.991. The molecule has 8 aromatic rings. The molecule has 2 heterocycles. The van der Waals surface area contributed by atoms with Gasteiger partial charge in [0.25, 0.3) is 0 Å². The number of nitrogens with zero attached hydrogens (tertiary/aromatic N) is 3. The van der Waals surface area contributed by atoms with Gasteiger partial charge in [-0.05, 0) is 63.4 Å². The zero-order chi connectivity index (χ0) is 31.5. The van der Waals surface area contributed by atoms with Crippen molar-refractivity contribution in [3.05, 3.63) is 122 Å². The molecule has 3 nitrogen and oxygen atoms in total. The summed E-state index contributed by atoms with van der Waals surface area (Å²) < 4.78 is 2.43. The Kier molecular flexibility index (Phi) is 6.76. The number of hydrogen-bond acceptors (Lipinski definition) is 2. The van der Waals surface area contributed by atoms with Gasteiger partial charge in [-0.1, -0.05) is 89.8 Å². The number of fused-ring (bicyclic) bond motifs is 3. The summed E-state index contributed by atoms with van der Waals surface area (Å²) in [6.07, 6.45) is 3.71. The summed E-state index contributed by atoms with van der Waals surface area (Å²) in [5.41, 5.74) is 15.9. The lowest BCUT2D eigenvalue weighted by atomic mass is 9.60. The molecule has 0 aliphatic carbocycles. The fourth-order valence-corrected chi connectivity index (χ4v) is 7.31. The highest BCUT2D eigenvalue weighted by Crippen LogP contribution is 2.43. The van der Waals surface area contributed by atoms with E-state index in [1.54, 1.807) is 0 Å². The Balaban J connectivity index is 1.51. The summed E-state index contributed by atoms with van der Waals surface area (Å²) in [4.78, 5) is 9.63. The number of imidazole rings is 1. The Labute approximate surface area is 273 Å². The molecular weight excluding hydrogens is 552 g/mol. The Morgan fingerprint density at radius 1 is 0.457 bits per heavy atom. The van der Waals surface area contributed by atoms with E-state index in [1.165, 1.54) is 76.8 Å². The normalized spacial score (nSPS) is 11.5. The summed E-state index contributed by atoms with van der Waals surface area (Å²) in [6.45, 7) is 0. The molecule has 0 N–H and O–H groups in total. The van der Waals surface area contributed by atoms with Crippen LogP contribution in [0.3, 0.4) is 0 Å². The van der Waals surface area contributed by atoms with Crippen LogP contribution in [0.2, 0.25) is 0 Å². The molecule has 0 bridgehead atoms.